The highest BCUT2D eigenvalue weighted by Gasteiger charge is 2.31. The highest BCUT2D eigenvalue weighted by Crippen LogP contribution is 2.19. The van der Waals surface area contributed by atoms with Gasteiger partial charge in [-0.15, -0.1) is 0 Å². The molecule has 1 aliphatic carbocycles. The van der Waals surface area contributed by atoms with Crippen LogP contribution >= 0.6 is 0 Å². The molecule has 0 heterocycles. The number of amides is 2. The van der Waals surface area contributed by atoms with Crippen LogP contribution in [-0.4, -0.2) is 37.6 Å². The second-order valence-electron chi connectivity index (χ2n) is 7.71. The van der Waals surface area contributed by atoms with Crippen LogP contribution in [0.1, 0.15) is 15.9 Å². The molecule has 0 fully saturated rings. The van der Waals surface area contributed by atoms with Crippen molar-refractivity contribution < 1.29 is 14.3 Å². The Kier molecular flexibility index (Phi) is 6.78. The second-order valence-corrected chi connectivity index (χ2v) is 7.71. The molecule has 1 aliphatic rings. The van der Waals surface area contributed by atoms with Crippen LogP contribution in [0.3, 0.4) is 0 Å². The Hall–Kier alpha value is -3.70. The number of rotatable bonds is 7. The quantitative estimate of drug-likeness (QED) is 0.604. The van der Waals surface area contributed by atoms with Gasteiger partial charge in [-0.25, -0.2) is 0 Å². The number of carbonyl (C=O) groups excluding carboxylic acids is 2. The third-order valence-electron chi connectivity index (χ3n) is 5.61. The van der Waals surface area contributed by atoms with Gasteiger partial charge in [-0.3, -0.25) is 9.59 Å². The number of carbonyl (C=O) groups is 2. The maximum Gasteiger partial charge on any atom is 0.251 e. The summed E-state index contributed by atoms with van der Waals surface area (Å²) in [5.74, 6) is -0.461. The van der Waals surface area contributed by atoms with E-state index in [4.69, 9.17) is 4.74 Å². The van der Waals surface area contributed by atoms with E-state index < -0.39 is 12.1 Å². The summed E-state index contributed by atoms with van der Waals surface area (Å²) < 4.78 is 5.54. The second kappa shape index (κ2) is 10.1. The summed E-state index contributed by atoms with van der Waals surface area (Å²) in [6.45, 7) is 0.507. The van der Waals surface area contributed by atoms with Gasteiger partial charge in [-0.2, -0.15) is 0 Å². The van der Waals surface area contributed by atoms with Gasteiger partial charge in [0, 0.05) is 24.8 Å². The van der Waals surface area contributed by atoms with Gasteiger partial charge in [-0.1, -0.05) is 78.9 Å². The van der Waals surface area contributed by atoms with Crippen LogP contribution < -0.4 is 10.6 Å². The van der Waals surface area contributed by atoms with Crippen molar-refractivity contribution in [3.63, 3.8) is 0 Å². The maximum absolute atomic E-state index is 13.0. The minimum absolute atomic E-state index is 0.212. The van der Waals surface area contributed by atoms with Gasteiger partial charge >= 0.3 is 0 Å². The predicted molar refractivity (Wildman–Crippen MR) is 126 cm³/mol. The molecule has 3 aromatic carbocycles. The molecule has 32 heavy (non-hydrogen) atoms. The standard InChI is InChI=1S/C27H26N2O3/c1-32-24-13-7-12-23(27(31)28-17-16-19-8-3-2-4-9-19)25(24)29-26(30)22-15-14-20-10-5-6-11-21(20)18-22/h2-15,18,24-25H,16-17H2,1H3,(H,28,31)(H,29,30). The number of hydrogen-bond donors (Lipinski definition) is 2. The van der Waals surface area contributed by atoms with Gasteiger partial charge in [0.05, 0.1) is 6.04 Å². The molecule has 0 spiro atoms. The Morgan fingerprint density at radius 2 is 1.66 bits per heavy atom. The third-order valence-corrected chi connectivity index (χ3v) is 5.61. The SMILES string of the molecule is COC1C=CC=C(C(=O)NCCc2ccccc2)C1NC(=O)c1ccc2ccccc2c1. The lowest BCUT2D eigenvalue weighted by molar-refractivity contribution is -0.118. The summed E-state index contributed by atoms with van der Waals surface area (Å²) in [6.07, 6.45) is 5.67. The van der Waals surface area contributed by atoms with Crippen molar-refractivity contribution in [2.75, 3.05) is 13.7 Å². The molecule has 0 aromatic heterocycles. The van der Waals surface area contributed by atoms with Gasteiger partial charge in [0.2, 0.25) is 5.91 Å². The molecule has 0 bridgehead atoms. The molecule has 0 saturated carbocycles. The summed E-state index contributed by atoms with van der Waals surface area (Å²) >= 11 is 0. The van der Waals surface area contributed by atoms with Crippen LogP contribution in [0.2, 0.25) is 0 Å². The molecule has 0 aliphatic heterocycles. The monoisotopic (exact) mass is 426 g/mol. The van der Waals surface area contributed by atoms with Crippen LogP contribution in [0.5, 0.6) is 0 Å². The molecule has 2 N–H and O–H groups in total. The van der Waals surface area contributed by atoms with E-state index in [1.165, 1.54) is 0 Å². The first-order chi connectivity index (χ1) is 15.7. The lowest BCUT2D eigenvalue weighted by Gasteiger charge is -2.29. The normalized spacial score (nSPS) is 17.6. The van der Waals surface area contributed by atoms with Crippen molar-refractivity contribution in [2.24, 2.45) is 0 Å². The Balaban J connectivity index is 1.46. The van der Waals surface area contributed by atoms with E-state index >= 15 is 0 Å². The summed E-state index contributed by atoms with van der Waals surface area (Å²) in [5, 5.41) is 8.02. The Morgan fingerprint density at radius 3 is 2.44 bits per heavy atom. The lowest BCUT2D eigenvalue weighted by Crippen LogP contribution is -2.49. The average molecular weight is 427 g/mol. The van der Waals surface area contributed by atoms with E-state index in [0.29, 0.717) is 17.7 Å². The van der Waals surface area contributed by atoms with Gasteiger partial charge in [0.25, 0.3) is 5.91 Å². The molecule has 162 valence electrons. The Morgan fingerprint density at radius 1 is 0.906 bits per heavy atom. The fourth-order valence-electron chi connectivity index (χ4n) is 3.87. The zero-order chi connectivity index (χ0) is 22.3. The maximum atomic E-state index is 13.0. The zero-order valence-corrected chi connectivity index (χ0v) is 18.0. The highest BCUT2D eigenvalue weighted by molar-refractivity contribution is 6.01. The molecule has 5 nitrogen and oxygen atoms in total. The lowest BCUT2D eigenvalue weighted by atomic mass is 9.94. The van der Waals surface area contributed by atoms with Crippen LogP contribution in [0.15, 0.2) is 96.6 Å². The van der Waals surface area contributed by atoms with Crippen molar-refractivity contribution in [3.05, 3.63) is 108 Å². The first kappa shape index (κ1) is 21.5. The largest absolute Gasteiger partial charge is 0.375 e. The van der Waals surface area contributed by atoms with Crippen molar-refractivity contribution in [3.8, 4) is 0 Å². The number of fused-ring (bicyclic) bond motifs is 1. The van der Waals surface area contributed by atoms with E-state index in [1.807, 2.05) is 72.8 Å². The number of benzene rings is 3. The molecule has 0 saturated heterocycles. The average Bonchev–Trinajstić information content (AvgIpc) is 2.84. The molecule has 0 radical (unpaired) electrons. The summed E-state index contributed by atoms with van der Waals surface area (Å²) in [4.78, 5) is 26.0. The molecular formula is C27H26N2O3. The molecular weight excluding hydrogens is 400 g/mol. The minimum Gasteiger partial charge on any atom is -0.375 e. The number of nitrogens with one attached hydrogen (secondary N) is 2. The van der Waals surface area contributed by atoms with Crippen LogP contribution in [-0.2, 0) is 16.0 Å². The topological polar surface area (TPSA) is 67.4 Å². The highest BCUT2D eigenvalue weighted by atomic mass is 16.5. The Labute approximate surface area is 187 Å². The molecule has 3 aromatic rings. The van der Waals surface area contributed by atoms with E-state index in [0.717, 1.165) is 22.8 Å². The summed E-state index contributed by atoms with van der Waals surface area (Å²) in [5.41, 5.74) is 2.17. The van der Waals surface area contributed by atoms with Gasteiger partial charge in [0.15, 0.2) is 0 Å². The third kappa shape index (κ3) is 4.95. The fourth-order valence-corrected chi connectivity index (χ4v) is 3.87. The van der Waals surface area contributed by atoms with E-state index in [2.05, 4.69) is 10.6 Å². The number of hydrogen-bond acceptors (Lipinski definition) is 3. The summed E-state index contributed by atoms with van der Waals surface area (Å²) in [7, 11) is 1.57. The first-order valence-corrected chi connectivity index (χ1v) is 10.7. The van der Waals surface area contributed by atoms with Gasteiger partial charge in [-0.05, 0) is 34.9 Å². The zero-order valence-electron chi connectivity index (χ0n) is 18.0. The number of allylic oxidation sites excluding steroid dienone is 2. The van der Waals surface area contributed by atoms with Gasteiger partial charge in [0.1, 0.15) is 6.10 Å². The molecule has 5 heteroatoms. The first-order valence-electron chi connectivity index (χ1n) is 10.7. The van der Waals surface area contributed by atoms with Crippen LogP contribution in [0.4, 0.5) is 0 Å². The van der Waals surface area contributed by atoms with E-state index in [-0.39, 0.29) is 11.8 Å². The van der Waals surface area contributed by atoms with E-state index in [1.54, 1.807) is 25.3 Å². The molecule has 2 unspecified atom stereocenters. The van der Waals surface area contributed by atoms with Crippen molar-refractivity contribution in [2.45, 2.75) is 18.6 Å². The minimum atomic E-state index is -0.583. The van der Waals surface area contributed by atoms with Gasteiger partial charge < -0.3 is 15.4 Å². The summed E-state index contributed by atoms with van der Waals surface area (Å²) in [6, 6.07) is 22.9. The fraction of sp³-hybridized carbons (Fsp3) is 0.185. The smallest absolute Gasteiger partial charge is 0.251 e. The molecule has 2 amide bonds. The number of ether oxygens (including phenoxy) is 1. The van der Waals surface area contributed by atoms with E-state index in [9.17, 15) is 9.59 Å². The van der Waals surface area contributed by atoms with Crippen molar-refractivity contribution in [1.82, 2.24) is 10.6 Å². The van der Waals surface area contributed by atoms with Crippen molar-refractivity contribution >= 4 is 22.6 Å². The number of methoxy groups -OCH3 is 1. The van der Waals surface area contributed by atoms with Crippen LogP contribution in [0, 0.1) is 0 Å². The predicted octanol–water partition coefficient (Wildman–Crippen LogP) is 3.81. The van der Waals surface area contributed by atoms with Crippen LogP contribution in [0.25, 0.3) is 10.8 Å². The molecule has 4 rings (SSSR count). The Bertz CT molecular complexity index is 1170. The van der Waals surface area contributed by atoms with Crippen molar-refractivity contribution in [1.29, 1.82) is 0 Å². The molecule has 2 atom stereocenters.